The lowest BCUT2D eigenvalue weighted by Gasteiger charge is -2.28. The fourth-order valence-electron chi connectivity index (χ4n) is 4.75. The minimum Gasteiger partial charge on any atom is -0.338 e. The van der Waals surface area contributed by atoms with E-state index in [0.717, 1.165) is 17.9 Å². The standard InChI is InChI=1S/C26H32F4O/c1-2-3-4-19-7-13-22(14-8-19)23-15-9-20(10-16-23)5-6-21-11-17-24(18-12-21)31-25(27)26(28,29)30/h2,9-10,15-16,19,21-22,24-25H,1,3-4,7-8,11-14,17-18H2/t19-,21-,22-,24-,25?. The van der Waals surface area contributed by atoms with Crippen LogP contribution in [-0.2, 0) is 4.74 Å². The van der Waals surface area contributed by atoms with Crippen molar-refractivity contribution in [2.75, 3.05) is 0 Å². The van der Waals surface area contributed by atoms with E-state index >= 15 is 0 Å². The van der Waals surface area contributed by atoms with Crippen molar-refractivity contribution >= 4 is 0 Å². The average molecular weight is 437 g/mol. The van der Waals surface area contributed by atoms with Crippen molar-refractivity contribution < 1.29 is 22.3 Å². The Balaban J connectivity index is 1.44. The predicted molar refractivity (Wildman–Crippen MR) is 115 cm³/mol. The molecule has 0 spiro atoms. The van der Waals surface area contributed by atoms with Gasteiger partial charge >= 0.3 is 6.18 Å². The number of rotatable bonds is 6. The number of halogens is 4. The Morgan fingerprint density at radius 3 is 2.23 bits per heavy atom. The van der Waals surface area contributed by atoms with Gasteiger partial charge in [-0.25, -0.2) is 4.39 Å². The topological polar surface area (TPSA) is 9.23 Å². The van der Waals surface area contributed by atoms with Crippen molar-refractivity contribution in [3.8, 4) is 11.8 Å². The number of allylic oxidation sites excluding steroid dienone is 1. The highest BCUT2D eigenvalue weighted by Crippen LogP contribution is 2.37. The zero-order valence-electron chi connectivity index (χ0n) is 18.0. The molecule has 0 aliphatic heterocycles. The summed E-state index contributed by atoms with van der Waals surface area (Å²) in [5.41, 5.74) is 2.35. The molecule has 0 amide bonds. The van der Waals surface area contributed by atoms with Crippen LogP contribution in [0.4, 0.5) is 17.6 Å². The van der Waals surface area contributed by atoms with Crippen molar-refractivity contribution in [1.29, 1.82) is 0 Å². The molecule has 5 heteroatoms. The van der Waals surface area contributed by atoms with Crippen molar-refractivity contribution in [2.24, 2.45) is 11.8 Å². The van der Waals surface area contributed by atoms with Crippen LogP contribution in [0.2, 0.25) is 0 Å². The van der Waals surface area contributed by atoms with Gasteiger partial charge in [0.15, 0.2) is 0 Å². The minimum atomic E-state index is -4.95. The highest BCUT2D eigenvalue weighted by atomic mass is 19.4. The normalized spacial score (nSPS) is 27.7. The summed E-state index contributed by atoms with van der Waals surface area (Å²) in [5, 5.41) is 0. The summed E-state index contributed by atoms with van der Waals surface area (Å²) in [4.78, 5) is 0. The van der Waals surface area contributed by atoms with Gasteiger partial charge in [0.05, 0.1) is 6.10 Å². The van der Waals surface area contributed by atoms with Crippen LogP contribution < -0.4 is 0 Å². The second-order valence-electron chi connectivity index (χ2n) is 8.94. The molecule has 3 rings (SSSR count). The largest absolute Gasteiger partial charge is 0.445 e. The van der Waals surface area contributed by atoms with Crippen molar-refractivity contribution in [2.45, 2.75) is 88.8 Å². The van der Waals surface area contributed by atoms with E-state index in [1.807, 2.05) is 6.08 Å². The van der Waals surface area contributed by atoms with E-state index < -0.39 is 18.6 Å². The predicted octanol–water partition coefficient (Wildman–Crippen LogP) is 7.71. The van der Waals surface area contributed by atoms with Crippen LogP contribution >= 0.6 is 0 Å². The number of ether oxygens (including phenoxy) is 1. The van der Waals surface area contributed by atoms with Crippen LogP contribution in [0.15, 0.2) is 36.9 Å². The Hall–Kier alpha value is -1.80. The molecule has 2 saturated carbocycles. The van der Waals surface area contributed by atoms with Gasteiger partial charge in [0, 0.05) is 11.5 Å². The lowest BCUT2D eigenvalue weighted by Crippen LogP contribution is -2.33. The first-order chi connectivity index (χ1) is 14.8. The molecule has 0 bridgehead atoms. The third-order valence-corrected chi connectivity index (χ3v) is 6.67. The number of hydrogen-bond donors (Lipinski definition) is 0. The molecule has 1 atom stereocenters. The van der Waals surface area contributed by atoms with Gasteiger partial charge in [0.1, 0.15) is 0 Å². The summed E-state index contributed by atoms with van der Waals surface area (Å²) in [6.07, 6.45) is 2.71. The zero-order chi connectivity index (χ0) is 22.3. The molecule has 1 nitrogen and oxygen atoms in total. The smallest absolute Gasteiger partial charge is 0.338 e. The van der Waals surface area contributed by atoms with E-state index in [9.17, 15) is 17.6 Å². The number of alkyl halides is 4. The van der Waals surface area contributed by atoms with Crippen LogP contribution in [0.5, 0.6) is 0 Å². The van der Waals surface area contributed by atoms with E-state index in [0.29, 0.717) is 31.6 Å². The maximum atomic E-state index is 13.0. The summed E-state index contributed by atoms with van der Waals surface area (Å²) in [7, 11) is 0. The zero-order valence-corrected chi connectivity index (χ0v) is 18.0. The van der Waals surface area contributed by atoms with E-state index in [4.69, 9.17) is 0 Å². The first-order valence-corrected chi connectivity index (χ1v) is 11.4. The molecule has 2 aliphatic rings. The van der Waals surface area contributed by atoms with Gasteiger partial charge in [0.25, 0.3) is 6.36 Å². The van der Waals surface area contributed by atoms with Gasteiger partial charge in [-0.05, 0) is 93.7 Å². The highest BCUT2D eigenvalue weighted by Gasteiger charge is 2.43. The molecule has 2 fully saturated rings. The Bertz CT molecular complexity index is 742. The molecular weight excluding hydrogens is 404 g/mol. The van der Waals surface area contributed by atoms with Crippen molar-refractivity contribution in [3.05, 3.63) is 48.0 Å². The van der Waals surface area contributed by atoms with Crippen LogP contribution in [0.25, 0.3) is 0 Å². The van der Waals surface area contributed by atoms with Crippen molar-refractivity contribution in [1.82, 2.24) is 0 Å². The molecule has 0 N–H and O–H groups in total. The van der Waals surface area contributed by atoms with Crippen molar-refractivity contribution in [3.63, 3.8) is 0 Å². The molecule has 1 aromatic carbocycles. The summed E-state index contributed by atoms with van der Waals surface area (Å²) < 4.78 is 54.4. The Morgan fingerprint density at radius 2 is 1.65 bits per heavy atom. The maximum absolute atomic E-state index is 13.0. The SMILES string of the molecule is C=CCC[C@H]1CC[C@H](c2ccc(C#C[C@H]3CC[C@H](OC(F)C(F)(F)F)CC3)cc2)CC1. The minimum absolute atomic E-state index is 0.120. The second-order valence-corrected chi connectivity index (χ2v) is 8.94. The summed E-state index contributed by atoms with van der Waals surface area (Å²) in [5.74, 6) is 8.03. The van der Waals surface area contributed by atoms with E-state index in [2.05, 4.69) is 47.4 Å². The monoisotopic (exact) mass is 436 g/mol. The third kappa shape index (κ3) is 7.38. The van der Waals surface area contributed by atoms with Gasteiger partial charge in [-0.15, -0.1) is 6.58 Å². The quantitative estimate of drug-likeness (QED) is 0.252. The lowest BCUT2D eigenvalue weighted by molar-refractivity contribution is -0.279. The average Bonchev–Trinajstić information content (AvgIpc) is 2.77. The van der Waals surface area contributed by atoms with E-state index in [-0.39, 0.29) is 5.92 Å². The first kappa shape index (κ1) is 23.9. The van der Waals surface area contributed by atoms with Gasteiger partial charge in [-0.2, -0.15) is 13.2 Å². The molecule has 0 radical (unpaired) electrons. The molecule has 1 aromatic rings. The lowest BCUT2D eigenvalue weighted by atomic mass is 9.77. The fraction of sp³-hybridized carbons (Fsp3) is 0.615. The molecule has 0 aromatic heterocycles. The van der Waals surface area contributed by atoms with Crippen LogP contribution in [-0.4, -0.2) is 18.6 Å². The highest BCUT2D eigenvalue weighted by molar-refractivity contribution is 5.37. The molecule has 1 unspecified atom stereocenters. The molecule has 0 heterocycles. The van der Waals surface area contributed by atoms with Gasteiger partial charge in [0.2, 0.25) is 0 Å². The van der Waals surface area contributed by atoms with Crippen LogP contribution in [0.1, 0.15) is 81.3 Å². The molecule has 170 valence electrons. The molecular formula is C26H32F4O. The number of hydrogen-bond acceptors (Lipinski definition) is 1. The maximum Gasteiger partial charge on any atom is 0.445 e. The van der Waals surface area contributed by atoms with E-state index in [1.165, 1.54) is 37.7 Å². The fourth-order valence-corrected chi connectivity index (χ4v) is 4.75. The molecule has 0 saturated heterocycles. The summed E-state index contributed by atoms with van der Waals surface area (Å²) in [6.45, 7) is 3.81. The Morgan fingerprint density at radius 1 is 1.00 bits per heavy atom. The van der Waals surface area contributed by atoms with Gasteiger partial charge in [-0.3, -0.25) is 0 Å². The van der Waals surface area contributed by atoms with E-state index in [1.54, 1.807) is 0 Å². The summed E-state index contributed by atoms with van der Waals surface area (Å²) in [6, 6.07) is 8.50. The third-order valence-electron chi connectivity index (χ3n) is 6.67. The summed E-state index contributed by atoms with van der Waals surface area (Å²) >= 11 is 0. The van der Waals surface area contributed by atoms with Gasteiger partial charge in [-0.1, -0.05) is 30.0 Å². The Kier molecular flexibility index (Phi) is 8.60. The van der Waals surface area contributed by atoms with Crippen LogP contribution in [0, 0.1) is 23.7 Å². The number of benzene rings is 1. The Labute approximate surface area is 183 Å². The van der Waals surface area contributed by atoms with Crippen LogP contribution in [0.3, 0.4) is 0 Å². The first-order valence-electron chi connectivity index (χ1n) is 11.4. The van der Waals surface area contributed by atoms with Gasteiger partial charge < -0.3 is 4.74 Å². The second kappa shape index (κ2) is 11.2. The molecule has 31 heavy (non-hydrogen) atoms. The molecule has 2 aliphatic carbocycles.